The fourth-order valence-electron chi connectivity index (χ4n) is 0.791. The Morgan fingerprint density at radius 2 is 2.10 bits per heavy atom. The molecule has 0 fully saturated rings. The second-order valence-corrected chi connectivity index (χ2v) is 2.08. The molecule has 1 rings (SSSR count). The van der Waals surface area contributed by atoms with E-state index >= 15 is 0 Å². The van der Waals surface area contributed by atoms with Crippen molar-refractivity contribution in [3.63, 3.8) is 0 Å². The zero-order chi connectivity index (χ0) is 7.40. The van der Waals surface area contributed by atoms with Crippen LogP contribution in [0.2, 0.25) is 0 Å². The van der Waals surface area contributed by atoms with Crippen molar-refractivity contribution in [3.8, 4) is 12.5 Å². The summed E-state index contributed by atoms with van der Waals surface area (Å²) in [6.45, 7) is 2.01. The summed E-state index contributed by atoms with van der Waals surface area (Å²) < 4.78 is 0. The summed E-state index contributed by atoms with van der Waals surface area (Å²) >= 11 is 0. The molecule has 0 aliphatic heterocycles. The molecule has 0 spiro atoms. The third kappa shape index (κ3) is 1.29. The lowest BCUT2D eigenvalue weighted by atomic mass is 10.2. The lowest BCUT2D eigenvalue weighted by Crippen LogP contribution is -1.88. The molecule has 50 valence electrons. The van der Waals surface area contributed by atoms with E-state index in [9.17, 15) is 0 Å². The molecule has 1 nitrogen and oxygen atoms in total. The molecule has 0 heterocycles. The average Bonchev–Trinajstić information content (AvgIpc) is 1.94. The van der Waals surface area contributed by atoms with E-state index in [0.717, 1.165) is 5.69 Å². The van der Waals surface area contributed by atoms with E-state index < -0.39 is 0 Å². The summed E-state index contributed by atoms with van der Waals surface area (Å²) in [4.78, 5) is 0. The highest BCUT2D eigenvalue weighted by Gasteiger charge is 1.90. The van der Waals surface area contributed by atoms with Gasteiger partial charge in [-0.3, -0.25) is 0 Å². The van der Waals surface area contributed by atoms with Crippen molar-refractivity contribution >= 4 is 5.69 Å². The van der Waals surface area contributed by atoms with E-state index in [1.165, 1.54) is 5.56 Å². The third-order valence-electron chi connectivity index (χ3n) is 1.35. The van der Waals surface area contributed by atoms with E-state index in [1.807, 2.05) is 31.2 Å². The third-order valence-corrected chi connectivity index (χ3v) is 1.35. The van der Waals surface area contributed by atoms with Crippen LogP contribution in [0.4, 0.5) is 5.69 Å². The summed E-state index contributed by atoms with van der Waals surface area (Å²) in [6, 6.07) is 10.3. The Kier molecular flexibility index (Phi) is 1.96. The molecule has 0 aliphatic rings. The zero-order valence-corrected chi connectivity index (χ0v) is 5.89. The highest BCUT2D eigenvalue weighted by molar-refractivity contribution is 5.53. The summed E-state index contributed by atoms with van der Waals surface area (Å²) in [5.74, 6) is 0. The maximum absolute atomic E-state index is 5.07. The molecule has 0 aliphatic carbocycles. The Hall–Kier alpha value is -1.42. The van der Waals surface area contributed by atoms with Gasteiger partial charge in [0.1, 0.15) is 0 Å². The van der Waals surface area contributed by atoms with Crippen molar-refractivity contribution in [1.82, 2.24) is 0 Å². The number of benzene rings is 1. The van der Waals surface area contributed by atoms with E-state index in [4.69, 9.17) is 6.42 Å². The number of aryl methyl sites for hydroxylation is 1. The molecule has 0 radical (unpaired) electrons. The first-order chi connectivity index (χ1) is 4.84. The molecule has 0 bridgehead atoms. The Bertz CT molecular complexity index is 258. The van der Waals surface area contributed by atoms with Gasteiger partial charge in [0.2, 0.25) is 0 Å². The van der Waals surface area contributed by atoms with Crippen LogP contribution in [0.15, 0.2) is 24.3 Å². The van der Waals surface area contributed by atoms with Crippen molar-refractivity contribution in [2.24, 2.45) is 0 Å². The largest absolute Gasteiger partial charge is 0.315 e. The first kappa shape index (κ1) is 6.70. The van der Waals surface area contributed by atoms with Crippen LogP contribution in [-0.2, 0) is 0 Å². The maximum Gasteiger partial charge on any atom is 0.0488 e. The highest BCUT2D eigenvalue weighted by Crippen LogP contribution is 2.11. The quantitative estimate of drug-likeness (QED) is 0.454. The van der Waals surface area contributed by atoms with Crippen molar-refractivity contribution in [2.75, 3.05) is 5.32 Å². The summed E-state index contributed by atoms with van der Waals surface area (Å²) in [6.07, 6.45) is 5.07. The lowest BCUT2D eigenvalue weighted by Gasteiger charge is -2.00. The van der Waals surface area contributed by atoms with Crippen molar-refractivity contribution in [1.29, 1.82) is 0 Å². The number of para-hydroxylation sites is 1. The first-order valence-electron chi connectivity index (χ1n) is 3.12. The second-order valence-electron chi connectivity index (χ2n) is 2.08. The van der Waals surface area contributed by atoms with Crippen LogP contribution in [-0.4, -0.2) is 0 Å². The number of terminal acetylenes is 1. The van der Waals surface area contributed by atoms with Crippen LogP contribution < -0.4 is 5.32 Å². The molecule has 0 aromatic heterocycles. The van der Waals surface area contributed by atoms with Gasteiger partial charge in [-0.15, -0.1) is 0 Å². The predicted octanol–water partition coefficient (Wildman–Crippen LogP) is 2.00. The number of rotatable bonds is 1. The van der Waals surface area contributed by atoms with E-state index in [2.05, 4.69) is 11.4 Å². The van der Waals surface area contributed by atoms with Crippen molar-refractivity contribution in [2.45, 2.75) is 6.92 Å². The number of hydrogen-bond donors (Lipinski definition) is 1. The van der Waals surface area contributed by atoms with Crippen LogP contribution in [0.25, 0.3) is 0 Å². The Labute approximate surface area is 61.1 Å². The first-order valence-corrected chi connectivity index (χ1v) is 3.12. The van der Waals surface area contributed by atoms with Crippen molar-refractivity contribution < 1.29 is 0 Å². The Morgan fingerprint density at radius 3 is 2.70 bits per heavy atom. The van der Waals surface area contributed by atoms with Gasteiger partial charge in [-0.1, -0.05) is 24.6 Å². The van der Waals surface area contributed by atoms with Gasteiger partial charge in [0, 0.05) is 11.7 Å². The van der Waals surface area contributed by atoms with Gasteiger partial charge in [0.25, 0.3) is 0 Å². The van der Waals surface area contributed by atoms with E-state index in [-0.39, 0.29) is 0 Å². The van der Waals surface area contributed by atoms with E-state index in [1.54, 1.807) is 0 Å². The number of hydrogen-bond acceptors (Lipinski definition) is 1. The minimum absolute atomic E-state index is 1.00. The molecule has 0 unspecified atom stereocenters. The maximum atomic E-state index is 5.07. The fraction of sp³-hybridized carbons (Fsp3) is 0.111. The van der Waals surface area contributed by atoms with Crippen LogP contribution in [0.1, 0.15) is 5.56 Å². The summed E-state index contributed by atoms with van der Waals surface area (Å²) in [7, 11) is 0. The molecular formula is C9H9N. The highest BCUT2D eigenvalue weighted by atomic mass is 14.8. The molecule has 1 N–H and O–H groups in total. The van der Waals surface area contributed by atoms with Crippen LogP contribution in [0, 0.1) is 19.4 Å². The van der Waals surface area contributed by atoms with Gasteiger partial charge in [-0.05, 0) is 18.6 Å². The molecule has 0 atom stereocenters. The minimum atomic E-state index is 1.00. The van der Waals surface area contributed by atoms with Gasteiger partial charge < -0.3 is 5.32 Å². The zero-order valence-electron chi connectivity index (χ0n) is 5.89. The molecule has 0 amide bonds. The van der Waals surface area contributed by atoms with Crippen LogP contribution >= 0.6 is 0 Å². The normalized spacial score (nSPS) is 8.40. The Morgan fingerprint density at radius 1 is 1.40 bits per heavy atom. The van der Waals surface area contributed by atoms with Crippen molar-refractivity contribution in [3.05, 3.63) is 29.8 Å². The van der Waals surface area contributed by atoms with Gasteiger partial charge in [0.15, 0.2) is 0 Å². The second kappa shape index (κ2) is 2.93. The summed E-state index contributed by atoms with van der Waals surface area (Å²) in [5, 5.41) is 2.80. The molecule has 1 heteroatoms. The van der Waals surface area contributed by atoms with Crippen LogP contribution in [0.3, 0.4) is 0 Å². The Balaban J connectivity index is 2.94. The smallest absolute Gasteiger partial charge is 0.0488 e. The fourth-order valence-corrected chi connectivity index (χ4v) is 0.791. The molecule has 10 heavy (non-hydrogen) atoms. The predicted molar refractivity (Wildman–Crippen MR) is 43.6 cm³/mol. The standard InChI is InChI=1S/C9H9N/c1-3-10-9-7-5-4-6-8(9)2/h1,4-7,10H,2H3. The van der Waals surface area contributed by atoms with Gasteiger partial charge in [-0.2, -0.15) is 0 Å². The van der Waals surface area contributed by atoms with Gasteiger partial charge in [-0.25, -0.2) is 0 Å². The monoisotopic (exact) mass is 131 g/mol. The molecule has 0 saturated carbocycles. The SMILES string of the molecule is C#CNc1ccccc1C. The van der Waals surface area contributed by atoms with Gasteiger partial charge in [0.05, 0.1) is 0 Å². The number of anilines is 1. The molecule has 0 saturated heterocycles. The average molecular weight is 131 g/mol. The van der Waals surface area contributed by atoms with E-state index in [0.29, 0.717) is 0 Å². The molecule has 1 aromatic carbocycles. The molecular weight excluding hydrogens is 122 g/mol. The lowest BCUT2D eigenvalue weighted by molar-refractivity contribution is 1.45. The minimum Gasteiger partial charge on any atom is -0.315 e. The van der Waals surface area contributed by atoms with Crippen LogP contribution in [0.5, 0.6) is 0 Å². The van der Waals surface area contributed by atoms with Gasteiger partial charge >= 0.3 is 0 Å². The topological polar surface area (TPSA) is 12.0 Å². The summed E-state index contributed by atoms with van der Waals surface area (Å²) in [5.41, 5.74) is 2.17. The number of nitrogens with one attached hydrogen (secondary N) is 1. The molecule has 1 aromatic rings.